The van der Waals surface area contributed by atoms with Crippen LogP contribution in [0.4, 0.5) is 0 Å². The summed E-state index contributed by atoms with van der Waals surface area (Å²) < 4.78 is 23.4. The Bertz CT molecular complexity index is 1220. The Balaban J connectivity index is 1.45. The van der Waals surface area contributed by atoms with Crippen molar-refractivity contribution in [3.8, 4) is 23.0 Å². The smallest absolute Gasteiger partial charge is 0.231 e. The minimum Gasteiger partial charge on any atom is -0.493 e. The lowest BCUT2D eigenvalue weighted by Gasteiger charge is -2.42. The van der Waals surface area contributed by atoms with E-state index >= 15 is 0 Å². The SMILES string of the molecule is COc1ccc2c(c1OC/C=C(\C)CCC=C(C)C)[C@@H](C)N1CCc3cc4c(cc3C1=C2)OCO4. The molecule has 35 heavy (non-hydrogen) atoms. The van der Waals surface area contributed by atoms with Crippen LogP contribution in [-0.4, -0.2) is 32.0 Å². The molecule has 3 aliphatic rings. The summed E-state index contributed by atoms with van der Waals surface area (Å²) >= 11 is 0. The molecule has 3 heterocycles. The highest BCUT2D eigenvalue weighted by atomic mass is 16.7. The molecule has 0 saturated carbocycles. The molecule has 0 bridgehead atoms. The van der Waals surface area contributed by atoms with Gasteiger partial charge in [-0.05, 0) is 88.4 Å². The first-order valence-corrected chi connectivity index (χ1v) is 12.5. The fraction of sp³-hybridized carbons (Fsp3) is 0.400. The van der Waals surface area contributed by atoms with E-state index in [0.717, 1.165) is 48.8 Å². The van der Waals surface area contributed by atoms with Crippen molar-refractivity contribution < 1.29 is 18.9 Å². The third-order valence-corrected chi connectivity index (χ3v) is 7.15. The van der Waals surface area contributed by atoms with Crippen molar-refractivity contribution in [2.45, 2.75) is 53.0 Å². The summed E-state index contributed by atoms with van der Waals surface area (Å²) in [6, 6.07) is 8.60. The van der Waals surface area contributed by atoms with Gasteiger partial charge < -0.3 is 23.8 Å². The third-order valence-electron chi connectivity index (χ3n) is 7.15. The molecule has 2 aromatic rings. The fourth-order valence-corrected chi connectivity index (χ4v) is 5.23. The molecule has 0 amide bonds. The Hall–Kier alpha value is -3.34. The van der Waals surface area contributed by atoms with E-state index in [0.29, 0.717) is 13.4 Å². The van der Waals surface area contributed by atoms with Crippen LogP contribution in [0.5, 0.6) is 23.0 Å². The number of methoxy groups -OCH3 is 1. The number of rotatable bonds is 7. The number of ether oxygens (including phenoxy) is 4. The lowest BCUT2D eigenvalue weighted by atomic mass is 9.86. The van der Waals surface area contributed by atoms with Crippen molar-refractivity contribution in [3.63, 3.8) is 0 Å². The van der Waals surface area contributed by atoms with Crippen molar-refractivity contribution in [2.24, 2.45) is 0 Å². The van der Waals surface area contributed by atoms with Crippen molar-refractivity contribution in [3.05, 3.63) is 69.8 Å². The normalized spacial score (nSPS) is 17.7. The van der Waals surface area contributed by atoms with Crippen molar-refractivity contribution in [1.29, 1.82) is 0 Å². The molecule has 184 valence electrons. The van der Waals surface area contributed by atoms with E-state index in [1.807, 2.05) is 6.07 Å². The number of allylic oxidation sites excluding steroid dienone is 3. The highest BCUT2D eigenvalue weighted by molar-refractivity contribution is 5.88. The van der Waals surface area contributed by atoms with E-state index in [4.69, 9.17) is 18.9 Å². The Kier molecular flexibility index (Phi) is 6.50. The molecule has 3 aliphatic heterocycles. The molecule has 5 rings (SSSR count). The molecule has 0 saturated heterocycles. The predicted molar refractivity (Wildman–Crippen MR) is 140 cm³/mol. The minimum absolute atomic E-state index is 0.163. The molecule has 2 aromatic carbocycles. The number of hydrogen-bond donors (Lipinski definition) is 0. The fourth-order valence-electron chi connectivity index (χ4n) is 5.23. The molecule has 0 aromatic heterocycles. The number of benzene rings is 2. The summed E-state index contributed by atoms with van der Waals surface area (Å²) in [5.74, 6) is 3.31. The van der Waals surface area contributed by atoms with E-state index in [2.05, 4.69) is 69.0 Å². The van der Waals surface area contributed by atoms with Gasteiger partial charge in [0.05, 0.1) is 13.2 Å². The molecule has 0 aliphatic carbocycles. The van der Waals surface area contributed by atoms with E-state index in [1.54, 1.807) is 7.11 Å². The molecule has 0 radical (unpaired) electrons. The van der Waals surface area contributed by atoms with Gasteiger partial charge in [0, 0.05) is 23.4 Å². The van der Waals surface area contributed by atoms with Gasteiger partial charge in [0.25, 0.3) is 0 Å². The Morgan fingerprint density at radius 1 is 1.11 bits per heavy atom. The average Bonchev–Trinajstić information content (AvgIpc) is 3.30. The Morgan fingerprint density at radius 3 is 2.69 bits per heavy atom. The van der Waals surface area contributed by atoms with Gasteiger partial charge in [-0.1, -0.05) is 23.3 Å². The standard InChI is InChI=1S/C30H35NO4/c1-19(2)7-6-8-20(3)12-14-33-30-26(32-5)10-9-23-15-25-24-17-28-27(34-18-35-28)16-22(24)11-13-31(25)21(4)29(23)30/h7,9-10,12,15-17,21H,6,8,11,13-14,18H2,1-5H3/b20-12+/t21-/m1/s1. The first-order valence-electron chi connectivity index (χ1n) is 12.5. The topological polar surface area (TPSA) is 40.2 Å². The quantitative estimate of drug-likeness (QED) is 0.408. The van der Waals surface area contributed by atoms with E-state index in [1.165, 1.54) is 39.1 Å². The Morgan fingerprint density at radius 2 is 1.91 bits per heavy atom. The van der Waals surface area contributed by atoms with Crippen LogP contribution in [0.15, 0.2) is 47.6 Å². The second-order valence-electron chi connectivity index (χ2n) is 9.79. The van der Waals surface area contributed by atoms with E-state index in [-0.39, 0.29) is 6.04 Å². The van der Waals surface area contributed by atoms with Crippen LogP contribution >= 0.6 is 0 Å². The van der Waals surface area contributed by atoms with Gasteiger partial charge in [-0.25, -0.2) is 0 Å². The molecule has 1 atom stereocenters. The second kappa shape index (κ2) is 9.73. The highest BCUT2D eigenvalue weighted by Crippen LogP contribution is 2.49. The van der Waals surface area contributed by atoms with Crippen LogP contribution in [0.3, 0.4) is 0 Å². The van der Waals surface area contributed by atoms with Crippen molar-refractivity contribution >= 4 is 11.8 Å². The largest absolute Gasteiger partial charge is 0.493 e. The second-order valence-corrected chi connectivity index (χ2v) is 9.79. The number of nitrogens with zero attached hydrogens (tertiary/aromatic N) is 1. The van der Waals surface area contributed by atoms with Crippen LogP contribution in [0.1, 0.15) is 68.8 Å². The van der Waals surface area contributed by atoms with Crippen LogP contribution in [0.2, 0.25) is 0 Å². The first-order chi connectivity index (χ1) is 17.0. The molecule has 0 fully saturated rings. The van der Waals surface area contributed by atoms with Crippen LogP contribution in [0, 0.1) is 0 Å². The minimum atomic E-state index is 0.163. The molecular formula is C30H35NO4. The Labute approximate surface area is 208 Å². The molecule has 5 heteroatoms. The zero-order chi connectivity index (χ0) is 24.5. The van der Waals surface area contributed by atoms with Crippen LogP contribution in [0.25, 0.3) is 11.8 Å². The summed E-state index contributed by atoms with van der Waals surface area (Å²) in [5, 5.41) is 0. The number of fused-ring (bicyclic) bond motifs is 5. The monoisotopic (exact) mass is 473 g/mol. The summed E-state index contributed by atoms with van der Waals surface area (Å²) in [7, 11) is 1.71. The summed E-state index contributed by atoms with van der Waals surface area (Å²) in [6.45, 7) is 10.5. The van der Waals surface area contributed by atoms with Gasteiger partial charge in [0.15, 0.2) is 23.0 Å². The van der Waals surface area contributed by atoms with Crippen LogP contribution in [-0.2, 0) is 6.42 Å². The third kappa shape index (κ3) is 4.52. The van der Waals surface area contributed by atoms with Crippen molar-refractivity contribution in [2.75, 3.05) is 27.1 Å². The van der Waals surface area contributed by atoms with Gasteiger partial charge in [-0.15, -0.1) is 0 Å². The first kappa shape index (κ1) is 23.4. The van der Waals surface area contributed by atoms with Crippen LogP contribution < -0.4 is 18.9 Å². The molecule has 0 unspecified atom stereocenters. The van der Waals surface area contributed by atoms with Gasteiger partial charge >= 0.3 is 0 Å². The van der Waals surface area contributed by atoms with Crippen molar-refractivity contribution in [1.82, 2.24) is 4.90 Å². The lowest BCUT2D eigenvalue weighted by molar-refractivity contribution is 0.174. The van der Waals surface area contributed by atoms with Gasteiger partial charge in [0.2, 0.25) is 6.79 Å². The van der Waals surface area contributed by atoms with Gasteiger partial charge in [0.1, 0.15) is 6.61 Å². The molecule has 0 spiro atoms. The van der Waals surface area contributed by atoms with E-state index < -0.39 is 0 Å². The average molecular weight is 474 g/mol. The molecular weight excluding hydrogens is 438 g/mol. The maximum absolute atomic E-state index is 6.40. The van der Waals surface area contributed by atoms with Gasteiger partial charge in [-0.2, -0.15) is 0 Å². The van der Waals surface area contributed by atoms with Gasteiger partial charge in [-0.3, -0.25) is 0 Å². The lowest BCUT2D eigenvalue weighted by Crippen LogP contribution is -2.34. The predicted octanol–water partition coefficient (Wildman–Crippen LogP) is 6.93. The summed E-state index contributed by atoms with van der Waals surface area (Å²) in [5.41, 5.74) is 8.84. The highest BCUT2D eigenvalue weighted by Gasteiger charge is 2.34. The van der Waals surface area contributed by atoms with E-state index in [9.17, 15) is 0 Å². The molecule has 5 nitrogen and oxygen atoms in total. The summed E-state index contributed by atoms with van der Waals surface area (Å²) in [6.07, 6.45) is 9.83. The zero-order valence-electron chi connectivity index (χ0n) is 21.4. The number of hydrogen-bond acceptors (Lipinski definition) is 5. The maximum Gasteiger partial charge on any atom is 0.231 e. The zero-order valence-corrected chi connectivity index (χ0v) is 21.4. The molecule has 0 N–H and O–H groups in total. The summed E-state index contributed by atoms with van der Waals surface area (Å²) in [4.78, 5) is 2.47. The maximum atomic E-state index is 6.40.